The van der Waals surface area contributed by atoms with Gasteiger partial charge in [0.1, 0.15) is 6.61 Å². The van der Waals surface area contributed by atoms with Crippen LogP contribution in [-0.2, 0) is 20.9 Å². The fourth-order valence-corrected chi connectivity index (χ4v) is 4.16. The molecular formula is C19H23F2NO4. The van der Waals surface area contributed by atoms with E-state index in [1.54, 1.807) is 6.92 Å². The van der Waals surface area contributed by atoms with Crippen molar-refractivity contribution in [1.82, 2.24) is 5.32 Å². The topological polar surface area (TPSA) is 64.6 Å². The normalized spacial score (nSPS) is 29.0. The molecule has 3 saturated carbocycles. The molecule has 1 aromatic rings. The number of hydrogen-bond donors (Lipinski definition) is 1. The Kier molecular flexibility index (Phi) is 5.44. The molecule has 3 aliphatic carbocycles. The number of ether oxygens (including phenoxy) is 2. The number of benzene rings is 1. The van der Waals surface area contributed by atoms with Gasteiger partial charge >= 0.3 is 12.1 Å². The number of hydrogen-bond acceptors (Lipinski definition) is 4. The van der Waals surface area contributed by atoms with Crippen molar-refractivity contribution in [2.75, 3.05) is 6.61 Å². The van der Waals surface area contributed by atoms with Gasteiger partial charge < -0.3 is 14.8 Å². The molecule has 0 radical (unpaired) electrons. The van der Waals surface area contributed by atoms with Crippen LogP contribution in [0.25, 0.3) is 0 Å². The molecule has 0 heterocycles. The van der Waals surface area contributed by atoms with Crippen LogP contribution < -0.4 is 5.32 Å². The Morgan fingerprint density at radius 1 is 1.19 bits per heavy atom. The summed E-state index contributed by atoms with van der Waals surface area (Å²) < 4.78 is 38.8. The molecule has 4 rings (SSSR count). The third kappa shape index (κ3) is 3.81. The highest BCUT2D eigenvalue weighted by atomic mass is 19.3. The third-order valence-corrected chi connectivity index (χ3v) is 5.31. The molecule has 4 atom stereocenters. The zero-order chi connectivity index (χ0) is 18.7. The molecule has 0 unspecified atom stereocenters. The second-order valence-electron chi connectivity index (χ2n) is 6.92. The lowest BCUT2D eigenvalue weighted by Gasteiger charge is -2.50. The van der Waals surface area contributed by atoms with E-state index in [4.69, 9.17) is 9.47 Å². The van der Waals surface area contributed by atoms with Crippen molar-refractivity contribution in [1.29, 1.82) is 0 Å². The van der Waals surface area contributed by atoms with E-state index in [2.05, 4.69) is 5.32 Å². The van der Waals surface area contributed by atoms with Gasteiger partial charge in [-0.2, -0.15) is 0 Å². The first-order valence-electron chi connectivity index (χ1n) is 8.94. The van der Waals surface area contributed by atoms with Gasteiger partial charge in [0.2, 0.25) is 0 Å². The molecular weight excluding hydrogens is 344 g/mol. The quantitative estimate of drug-likeness (QED) is 0.809. The molecule has 0 aliphatic heterocycles. The lowest BCUT2D eigenvalue weighted by molar-refractivity contribution is -0.190. The Hall–Kier alpha value is -2.18. The second kappa shape index (κ2) is 7.60. The van der Waals surface area contributed by atoms with E-state index < -0.39 is 41.8 Å². The first-order chi connectivity index (χ1) is 12.4. The number of rotatable bonds is 5. The number of nitrogens with one attached hydrogen (secondary N) is 1. The van der Waals surface area contributed by atoms with Gasteiger partial charge in [-0.15, -0.1) is 0 Å². The SMILES string of the molecule is CCOC(=O)[C@H]1[C@H](NC(=O)OCc2ccccc2)[C@@H]2CC[C@H]1C(F)(F)C2. The van der Waals surface area contributed by atoms with Crippen LogP contribution in [-0.4, -0.2) is 30.6 Å². The van der Waals surface area contributed by atoms with E-state index in [0.717, 1.165) is 5.56 Å². The predicted molar refractivity (Wildman–Crippen MR) is 89.5 cm³/mol. The smallest absolute Gasteiger partial charge is 0.407 e. The van der Waals surface area contributed by atoms with Gasteiger partial charge in [-0.1, -0.05) is 30.3 Å². The molecule has 2 bridgehead atoms. The van der Waals surface area contributed by atoms with E-state index >= 15 is 0 Å². The molecule has 26 heavy (non-hydrogen) atoms. The van der Waals surface area contributed by atoms with Crippen LogP contribution in [0, 0.1) is 17.8 Å². The Labute approximate surface area is 151 Å². The number of halogens is 2. The highest BCUT2D eigenvalue weighted by Crippen LogP contribution is 2.53. The summed E-state index contributed by atoms with van der Waals surface area (Å²) in [5.41, 5.74) is 0.821. The van der Waals surface area contributed by atoms with Crippen molar-refractivity contribution >= 4 is 12.1 Å². The Morgan fingerprint density at radius 3 is 2.58 bits per heavy atom. The number of amides is 1. The highest BCUT2D eigenvalue weighted by molar-refractivity contribution is 5.76. The van der Waals surface area contributed by atoms with Gasteiger partial charge in [0.05, 0.1) is 12.5 Å². The number of fused-ring (bicyclic) bond motifs is 3. The summed E-state index contributed by atoms with van der Waals surface area (Å²) in [6, 6.07) is 8.46. The van der Waals surface area contributed by atoms with Crippen molar-refractivity contribution in [2.45, 2.75) is 44.8 Å². The molecule has 1 amide bonds. The minimum Gasteiger partial charge on any atom is -0.466 e. The average Bonchev–Trinajstić information content (AvgIpc) is 2.61. The van der Waals surface area contributed by atoms with Gasteiger partial charge in [-0.3, -0.25) is 4.79 Å². The van der Waals surface area contributed by atoms with Crippen LogP contribution in [0.1, 0.15) is 31.7 Å². The number of alkyl halides is 2. The van der Waals surface area contributed by atoms with Gasteiger partial charge in [0.25, 0.3) is 5.92 Å². The summed E-state index contributed by atoms with van der Waals surface area (Å²) in [5.74, 6) is -6.19. The fraction of sp³-hybridized carbons (Fsp3) is 0.579. The summed E-state index contributed by atoms with van der Waals surface area (Å²) in [6.45, 7) is 1.82. The number of esters is 1. The molecule has 3 aliphatic rings. The molecule has 0 saturated heterocycles. The molecule has 0 aromatic heterocycles. The van der Waals surface area contributed by atoms with Crippen molar-refractivity contribution in [3.8, 4) is 0 Å². The van der Waals surface area contributed by atoms with Crippen molar-refractivity contribution < 1.29 is 27.8 Å². The van der Waals surface area contributed by atoms with Crippen LogP contribution in [0.5, 0.6) is 0 Å². The predicted octanol–water partition coefficient (Wildman–Crippen LogP) is 3.53. The summed E-state index contributed by atoms with van der Waals surface area (Å²) in [6.07, 6.45) is -0.209. The number of carbonyl (C=O) groups excluding carboxylic acids is 2. The van der Waals surface area contributed by atoms with Crippen LogP contribution in [0.15, 0.2) is 30.3 Å². The van der Waals surface area contributed by atoms with Crippen LogP contribution in [0.4, 0.5) is 13.6 Å². The minimum atomic E-state index is -2.91. The van der Waals surface area contributed by atoms with Gasteiger partial charge in [0, 0.05) is 18.4 Å². The Morgan fingerprint density at radius 2 is 1.92 bits per heavy atom. The van der Waals surface area contributed by atoms with E-state index in [9.17, 15) is 18.4 Å². The molecule has 7 heteroatoms. The zero-order valence-electron chi connectivity index (χ0n) is 14.6. The maximum atomic E-state index is 14.3. The molecule has 5 nitrogen and oxygen atoms in total. The highest BCUT2D eigenvalue weighted by Gasteiger charge is 2.61. The summed E-state index contributed by atoms with van der Waals surface area (Å²) in [4.78, 5) is 24.5. The van der Waals surface area contributed by atoms with E-state index in [0.29, 0.717) is 6.42 Å². The van der Waals surface area contributed by atoms with Crippen molar-refractivity contribution in [3.05, 3.63) is 35.9 Å². The zero-order valence-corrected chi connectivity index (χ0v) is 14.6. The third-order valence-electron chi connectivity index (χ3n) is 5.31. The lowest BCUT2D eigenvalue weighted by Crippen LogP contribution is -2.62. The van der Waals surface area contributed by atoms with E-state index in [1.807, 2.05) is 30.3 Å². The van der Waals surface area contributed by atoms with Crippen LogP contribution in [0.2, 0.25) is 0 Å². The molecule has 3 fully saturated rings. The Balaban J connectivity index is 1.68. The number of alkyl carbamates (subject to hydrolysis) is 1. The second-order valence-corrected chi connectivity index (χ2v) is 6.92. The maximum absolute atomic E-state index is 14.3. The average molecular weight is 367 g/mol. The van der Waals surface area contributed by atoms with Crippen molar-refractivity contribution in [3.63, 3.8) is 0 Å². The molecule has 1 aromatic carbocycles. The first kappa shape index (κ1) is 18.6. The standard InChI is InChI=1S/C19H23F2NO4/c1-2-25-17(23)15-14-9-8-13(10-19(14,20)21)16(15)22-18(24)26-11-12-6-4-3-5-7-12/h3-7,13-16H,2,8-11H2,1H3,(H,22,24)/t13-,14-,15-,16-/m1/s1. The van der Waals surface area contributed by atoms with Crippen LogP contribution in [0.3, 0.4) is 0 Å². The minimum absolute atomic E-state index is 0.0771. The summed E-state index contributed by atoms with van der Waals surface area (Å²) in [5, 5.41) is 2.65. The van der Waals surface area contributed by atoms with E-state index in [1.165, 1.54) is 0 Å². The summed E-state index contributed by atoms with van der Waals surface area (Å²) in [7, 11) is 0. The summed E-state index contributed by atoms with van der Waals surface area (Å²) >= 11 is 0. The molecule has 1 N–H and O–H groups in total. The lowest BCUT2D eigenvalue weighted by atomic mass is 9.59. The first-order valence-corrected chi connectivity index (χ1v) is 8.94. The van der Waals surface area contributed by atoms with Crippen molar-refractivity contribution in [2.24, 2.45) is 17.8 Å². The Bertz CT molecular complexity index is 652. The molecule has 0 spiro atoms. The van der Waals surface area contributed by atoms with Gasteiger partial charge in [0.15, 0.2) is 0 Å². The largest absolute Gasteiger partial charge is 0.466 e. The monoisotopic (exact) mass is 367 g/mol. The number of carbonyl (C=O) groups is 2. The van der Waals surface area contributed by atoms with Gasteiger partial charge in [-0.05, 0) is 31.2 Å². The fourth-order valence-electron chi connectivity index (χ4n) is 4.16. The van der Waals surface area contributed by atoms with Gasteiger partial charge in [-0.25, -0.2) is 13.6 Å². The maximum Gasteiger partial charge on any atom is 0.407 e. The van der Waals surface area contributed by atoms with Crippen LogP contribution >= 0.6 is 0 Å². The molecule has 142 valence electrons. The van der Waals surface area contributed by atoms with E-state index in [-0.39, 0.29) is 26.1 Å².